The lowest BCUT2D eigenvalue weighted by Crippen LogP contribution is -2.16. The second kappa shape index (κ2) is 7.04. The highest BCUT2D eigenvalue weighted by atomic mass is 16.3. The third-order valence-corrected chi connectivity index (χ3v) is 3.61. The van der Waals surface area contributed by atoms with Gasteiger partial charge in [-0.3, -0.25) is 0 Å². The van der Waals surface area contributed by atoms with E-state index in [-0.39, 0.29) is 33.8 Å². The van der Waals surface area contributed by atoms with Crippen molar-refractivity contribution >= 4 is 0 Å². The minimum Gasteiger partial charge on any atom is -0.508 e. The number of aromatic hydroxyl groups is 4. The van der Waals surface area contributed by atoms with Crippen LogP contribution in [0.1, 0.15) is 52.7 Å². The molecule has 0 atom stereocenters. The lowest BCUT2D eigenvalue weighted by Gasteiger charge is -2.26. The van der Waals surface area contributed by atoms with E-state index in [0.717, 1.165) is 11.1 Å². The highest BCUT2D eigenvalue weighted by molar-refractivity contribution is 5.51. The summed E-state index contributed by atoms with van der Waals surface area (Å²) in [5.74, 6) is 0.309. The van der Waals surface area contributed by atoms with Gasteiger partial charge in [0.15, 0.2) is 11.5 Å². The molecule has 0 unspecified atom stereocenters. The molecule has 4 heteroatoms. The van der Waals surface area contributed by atoms with Crippen LogP contribution in [0, 0.1) is 0 Å². The van der Waals surface area contributed by atoms with E-state index in [2.05, 4.69) is 20.8 Å². The second-order valence-corrected chi connectivity index (χ2v) is 7.91. The van der Waals surface area contributed by atoms with Crippen LogP contribution in [0.2, 0.25) is 0 Å². The SMILES string of the molecule is CC(C)(C)c1cc(O)c(O)c(C(C)(C)C)c1.Oc1ccc(O)cc1. The van der Waals surface area contributed by atoms with Crippen LogP contribution in [-0.4, -0.2) is 20.4 Å². The van der Waals surface area contributed by atoms with Gasteiger partial charge in [0.25, 0.3) is 0 Å². The molecule has 2 aromatic carbocycles. The van der Waals surface area contributed by atoms with Crippen LogP contribution in [0.15, 0.2) is 36.4 Å². The van der Waals surface area contributed by atoms with Crippen LogP contribution in [0.3, 0.4) is 0 Å². The van der Waals surface area contributed by atoms with Crippen molar-refractivity contribution in [1.82, 2.24) is 0 Å². The normalized spacial score (nSPS) is 11.6. The lowest BCUT2D eigenvalue weighted by atomic mass is 9.80. The Morgan fingerprint density at radius 2 is 1.04 bits per heavy atom. The van der Waals surface area contributed by atoms with Crippen molar-refractivity contribution < 1.29 is 20.4 Å². The van der Waals surface area contributed by atoms with Crippen molar-refractivity contribution in [2.75, 3.05) is 0 Å². The van der Waals surface area contributed by atoms with Gasteiger partial charge < -0.3 is 20.4 Å². The number of benzene rings is 2. The van der Waals surface area contributed by atoms with E-state index < -0.39 is 0 Å². The Hall–Kier alpha value is -2.36. The van der Waals surface area contributed by atoms with Crippen LogP contribution in [0.25, 0.3) is 0 Å². The van der Waals surface area contributed by atoms with E-state index >= 15 is 0 Å². The Bertz CT molecular complexity index is 654. The first-order chi connectivity index (χ1) is 10.8. The summed E-state index contributed by atoms with van der Waals surface area (Å²) < 4.78 is 0. The molecule has 2 aromatic rings. The zero-order valence-electron chi connectivity index (χ0n) is 15.3. The maximum atomic E-state index is 9.87. The predicted molar refractivity (Wildman–Crippen MR) is 96.9 cm³/mol. The summed E-state index contributed by atoms with van der Waals surface area (Å²) in [6.45, 7) is 12.3. The van der Waals surface area contributed by atoms with Crippen molar-refractivity contribution in [2.24, 2.45) is 0 Å². The molecular weight excluding hydrogens is 304 g/mol. The highest BCUT2D eigenvalue weighted by Crippen LogP contribution is 2.40. The average molecular weight is 332 g/mol. The average Bonchev–Trinajstić information content (AvgIpc) is 2.43. The van der Waals surface area contributed by atoms with Gasteiger partial charge in [-0.05, 0) is 46.7 Å². The topological polar surface area (TPSA) is 80.9 Å². The molecule has 0 heterocycles. The first-order valence-corrected chi connectivity index (χ1v) is 7.87. The molecule has 0 spiro atoms. The number of hydrogen-bond donors (Lipinski definition) is 4. The molecule has 24 heavy (non-hydrogen) atoms. The molecule has 2 rings (SSSR count). The molecule has 4 nitrogen and oxygen atoms in total. The fourth-order valence-electron chi connectivity index (χ4n) is 2.08. The van der Waals surface area contributed by atoms with Gasteiger partial charge in [-0.1, -0.05) is 47.6 Å². The van der Waals surface area contributed by atoms with E-state index in [4.69, 9.17) is 10.2 Å². The molecule has 0 aliphatic heterocycles. The zero-order valence-corrected chi connectivity index (χ0v) is 15.3. The quantitative estimate of drug-likeness (QED) is 0.413. The maximum Gasteiger partial charge on any atom is 0.161 e. The van der Waals surface area contributed by atoms with Crippen molar-refractivity contribution in [2.45, 2.75) is 52.4 Å². The Morgan fingerprint density at radius 1 is 0.625 bits per heavy atom. The minimum atomic E-state index is -0.178. The second-order valence-electron chi connectivity index (χ2n) is 7.91. The molecular formula is C20H28O4. The Labute approximate surface area is 144 Å². The molecule has 0 aliphatic rings. The maximum absolute atomic E-state index is 9.87. The van der Waals surface area contributed by atoms with Crippen molar-refractivity contribution in [3.63, 3.8) is 0 Å². The first kappa shape index (κ1) is 19.7. The van der Waals surface area contributed by atoms with Crippen molar-refractivity contribution in [3.8, 4) is 23.0 Å². The van der Waals surface area contributed by atoms with Gasteiger partial charge >= 0.3 is 0 Å². The molecule has 0 saturated heterocycles. The van der Waals surface area contributed by atoms with E-state index in [1.165, 1.54) is 24.3 Å². The molecule has 0 radical (unpaired) electrons. The zero-order chi connectivity index (χ0) is 18.7. The first-order valence-electron chi connectivity index (χ1n) is 7.87. The van der Waals surface area contributed by atoms with E-state index in [1.807, 2.05) is 26.8 Å². The number of hydrogen-bond acceptors (Lipinski definition) is 4. The fraction of sp³-hybridized carbons (Fsp3) is 0.400. The summed E-state index contributed by atoms with van der Waals surface area (Å²) in [5, 5.41) is 36.9. The van der Waals surface area contributed by atoms with Crippen molar-refractivity contribution in [3.05, 3.63) is 47.5 Å². The summed E-state index contributed by atoms with van der Waals surface area (Å²) in [7, 11) is 0. The standard InChI is InChI=1S/C14H22O2.C6H6O2/c1-13(2,3)9-7-10(14(4,5)6)12(16)11(15)8-9;7-5-1-2-6(8)4-3-5/h7-8,15-16H,1-6H3;1-4,7-8H. The smallest absolute Gasteiger partial charge is 0.161 e. The Morgan fingerprint density at radius 3 is 1.38 bits per heavy atom. The van der Waals surface area contributed by atoms with E-state index in [0.29, 0.717) is 0 Å². The molecule has 0 bridgehead atoms. The highest BCUT2D eigenvalue weighted by Gasteiger charge is 2.24. The molecule has 132 valence electrons. The Kier molecular flexibility index (Phi) is 5.77. The van der Waals surface area contributed by atoms with Crippen LogP contribution in [0.5, 0.6) is 23.0 Å². The fourth-order valence-corrected chi connectivity index (χ4v) is 2.08. The molecule has 0 aliphatic carbocycles. The van der Waals surface area contributed by atoms with Crippen LogP contribution in [0.4, 0.5) is 0 Å². The summed E-state index contributed by atoms with van der Waals surface area (Å²) in [4.78, 5) is 0. The van der Waals surface area contributed by atoms with Gasteiger partial charge in [0, 0.05) is 5.56 Å². The van der Waals surface area contributed by atoms with Gasteiger partial charge in [-0.15, -0.1) is 0 Å². The summed E-state index contributed by atoms with van der Waals surface area (Å²) in [5.41, 5.74) is 1.61. The molecule has 0 aromatic heterocycles. The summed E-state index contributed by atoms with van der Waals surface area (Å²) >= 11 is 0. The molecule has 0 saturated carbocycles. The van der Waals surface area contributed by atoms with E-state index in [9.17, 15) is 10.2 Å². The Balaban J connectivity index is 0.000000300. The largest absolute Gasteiger partial charge is 0.508 e. The van der Waals surface area contributed by atoms with Gasteiger partial charge in [-0.2, -0.15) is 0 Å². The van der Waals surface area contributed by atoms with Crippen molar-refractivity contribution in [1.29, 1.82) is 0 Å². The van der Waals surface area contributed by atoms with Gasteiger partial charge in [0.1, 0.15) is 11.5 Å². The van der Waals surface area contributed by atoms with Gasteiger partial charge in [0.2, 0.25) is 0 Å². The number of phenols is 4. The van der Waals surface area contributed by atoms with Crippen LogP contribution in [-0.2, 0) is 10.8 Å². The van der Waals surface area contributed by atoms with Gasteiger partial charge in [-0.25, -0.2) is 0 Å². The minimum absolute atomic E-state index is 0.000463. The number of rotatable bonds is 0. The third kappa shape index (κ3) is 5.37. The predicted octanol–water partition coefficient (Wildman–Crippen LogP) is 4.79. The summed E-state index contributed by atoms with van der Waals surface area (Å²) in [6, 6.07) is 9.33. The van der Waals surface area contributed by atoms with Gasteiger partial charge in [0.05, 0.1) is 0 Å². The molecule has 0 fully saturated rings. The van der Waals surface area contributed by atoms with Crippen LogP contribution < -0.4 is 0 Å². The van der Waals surface area contributed by atoms with E-state index in [1.54, 1.807) is 6.07 Å². The summed E-state index contributed by atoms with van der Waals surface area (Å²) in [6.07, 6.45) is 0. The number of phenolic OH excluding ortho intramolecular Hbond substituents is 4. The molecule has 0 amide bonds. The van der Waals surface area contributed by atoms with Crippen LogP contribution >= 0.6 is 0 Å². The third-order valence-electron chi connectivity index (χ3n) is 3.61. The monoisotopic (exact) mass is 332 g/mol. The molecule has 4 N–H and O–H groups in total. The lowest BCUT2D eigenvalue weighted by molar-refractivity contribution is 0.386.